The number of benzene rings is 1. The van der Waals surface area contributed by atoms with Crippen molar-refractivity contribution in [3.05, 3.63) is 70.2 Å². The highest BCUT2D eigenvalue weighted by molar-refractivity contribution is 9.10. The summed E-state index contributed by atoms with van der Waals surface area (Å²) in [7, 11) is 0. The van der Waals surface area contributed by atoms with E-state index in [1.54, 1.807) is 16.8 Å². The molecule has 0 aliphatic rings. The molecule has 2 amide bonds. The number of carbonyl (C=O) groups is 2. The first kappa shape index (κ1) is 17.9. The van der Waals surface area contributed by atoms with Gasteiger partial charge in [-0.05, 0) is 40.5 Å². The van der Waals surface area contributed by atoms with Crippen molar-refractivity contribution in [3.63, 3.8) is 0 Å². The molecule has 2 heterocycles. The number of aryl methyl sites for hydroxylation is 1. The highest BCUT2D eigenvalue weighted by Crippen LogP contribution is 2.14. The van der Waals surface area contributed by atoms with Gasteiger partial charge in [0.2, 0.25) is 5.91 Å². The summed E-state index contributed by atoms with van der Waals surface area (Å²) >= 11 is 3.13. The van der Waals surface area contributed by atoms with Gasteiger partial charge in [-0.2, -0.15) is 5.10 Å². The molecule has 3 aromatic rings. The molecule has 0 bridgehead atoms. The third-order valence-electron chi connectivity index (χ3n) is 3.55. The van der Waals surface area contributed by atoms with Crippen LogP contribution < -0.4 is 10.6 Å². The lowest BCUT2D eigenvalue weighted by Crippen LogP contribution is -2.33. The largest absolute Gasteiger partial charge is 0.444 e. The normalized spacial score (nSPS) is 10.5. The molecule has 134 valence electrons. The first-order valence-electron chi connectivity index (χ1n) is 7.93. The minimum Gasteiger partial charge on any atom is -0.444 e. The van der Waals surface area contributed by atoms with Gasteiger partial charge in [-0.3, -0.25) is 9.59 Å². The Bertz CT molecular complexity index is 918. The molecular weight excluding hydrogens is 400 g/mol. The second kappa shape index (κ2) is 8.01. The SMILES string of the molecule is Cc1cc(NC(=O)CNC(=O)c2ccc(Br)o2)n(Cc2ccccc2)n1. The van der Waals surface area contributed by atoms with Gasteiger partial charge in [0.1, 0.15) is 5.82 Å². The third-order valence-corrected chi connectivity index (χ3v) is 3.98. The summed E-state index contributed by atoms with van der Waals surface area (Å²) in [6, 6.07) is 14.7. The standard InChI is InChI=1S/C18H17BrN4O3/c1-12-9-16(23(22-12)11-13-5-3-2-4-6-13)21-17(24)10-20-18(25)14-7-8-15(19)26-14/h2-9H,10-11H2,1H3,(H,20,25)(H,21,24). The zero-order chi connectivity index (χ0) is 18.5. The number of carbonyl (C=O) groups excluding carboxylic acids is 2. The Morgan fingerprint density at radius 1 is 1.19 bits per heavy atom. The number of amides is 2. The summed E-state index contributed by atoms with van der Waals surface area (Å²) in [4.78, 5) is 24.1. The predicted octanol–water partition coefficient (Wildman–Crippen LogP) is 2.96. The van der Waals surface area contributed by atoms with E-state index in [9.17, 15) is 9.59 Å². The fourth-order valence-corrected chi connectivity index (χ4v) is 2.70. The minimum absolute atomic E-state index is 0.134. The first-order valence-corrected chi connectivity index (χ1v) is 8.72. The maximum absolute atomic E-state index is 12.2. The number of hydrogen-bond donors (Lipinski definition) is 2. The van der Waals surface area contributed by atoms with Crippen molar-refractivity contribution in [2.45, 2.75) is 13.5 Å². The number of hydrogen-bond acceptors (Lipinski definition) is 4. The highest BCUT2D eigenvalue weighted by atomic mass is 79.9. The highest BCUT2D eigenvalue weighted by Gasteiger charge is 2.14. The van der Waals surface area contributed by atoms with Crippen molar-refractivity contribution in [2.75, 3.05) is 11.9 Å². The average Bonchev–Trinajstić information content (AvgIpc) is 3.19. The summed E-state index contributed by atoms with van der Waals surface area (Å²) in [5.74, 6) is -0.0982. The zero-order valence-electron chi connectivity index (χ0n) is 14.0. The molecule has 0 aliphatic heterocycles. The number of furan rings is 1. The van der Waals surface area contributed by atoms with Crippen LogP contribution in [0.3, 0.4) is 0 Å². The minimum atomic E-state index is -0.458. The average molecular weight is 417 g/mol. The molecule has 7 nitrogen and oxygen atoms in total. The van der Waals surface area contributed by atoms with Crippen LogP contribution in [0.4, 0.5) is 5.82 Å². The van der Waals surface area contributed by atoms with Gasteiger partial charge in [0.15, 0.2) is 10.4 Å². The van der Waals surface area contributed by atoms with Crippen LogP contribution in [-0.2, 0) is 11.3 Å². The van der Waals surface area contributed by atoms with Crippen LogP contribution in [0.2, 0.25) is 0 Å². The van der Waals surface area contributed by atoms with Crippen molar-refractivity contribution in [1.82, 2.24) is 15.1 Å². The van der Waals surface area contributed by atoms with E-state index in [2.05, 4.69) is 31.7 Å². The maximum Gasteiger partial charge on any atom is 0.287 e. The topological polar surface area (TPSA) is 89.2 Å². The molecular formula is C18H17BrN4O3. The van der Waals surface area contributed by atoms with Crippen LogP contribution in [-0.4, -0.2) is 28.1 Å². The second-order valence-electron chi connectivity index (χ2n) is 5.65. The van der Waals surface area contributed by atoms with Gasteiger partial charge >= 0.3 is 0 Å². The van der Waals surface area contributed by atoms with E-state index in [0.717, 1.165) is 11.3 Å². The van der Waals surface area contributed by atoms with E-state index in [-0.39, 0.29) is 18.2 Å². The zero-order valence-corrected chi connectivity index (χ0v) is 15.6. The summed E-state index contributed by atoms with van der Waals surface area (Å²) in [6.45, 7) is 2.22. The van der Waals surface area contributed by atoms with Crippen molar-refractivity contribution in [2.24, 2.45) is 0 Å². The van der Waals surface area contributed by atoms with Gasteiger partial charge in [0.25, 0.3) is 5.91 Å². The van der Waals surface area contributed by atoms with E-state index in [4.69, 9.17) is 4.42 Å². The number of nitrogens with one attached hydrogen (secondary N) is 2. The van der Waals surface area contributed by atoms with E-state index in [0.29, 0.717) is 17.0 Å². The maximum atomic E-state index is 12.2. The molecule has 8 heteroatoms. The molecule has 0 fully saturated rings. The molecule has 0 aliphatic carbocycles. The van der Waals surface area contributed by atoms with Gasteiger partial charge in [0.05, 0.1) is 18.8 Å². The van der Waals surface area contributed by atoms with Gasteiger partial charge in [-0.25, -0.2) is 4.68 Å². The second-order valence-corrected chi connectivity index (χ2v) is 6.43. The molecule has 0 spiro atoms. The first-order chi connectivity index (χ1) is 12.5. The van der Waals surface area contributed by atoms with Crippen LogP contribution in [0.5, 0.6) is 0 Å². The Morgan fingerprint density at radius 2 is 1.96 bits per heavy atom. The number of halogens is 1. The van der Waals surface area contributed by atoms with Gasteiger partial charge in [0, 0.05) is 6.07 Å². The molecule has 0 radical (unpaired) electrons. The summed E-state index contributed by atoms with van der Waals surface area (Å²) in [6.07, 6.45) is 0. The van der Waals surface area contributed by atoms with Crippen molar-refractivity contribution in [3.8, 4) is 0 Å². The van der Waals surface area contributed by atoms with Crippen molar-refractivity contribution < 1.29 is 14.0 Å². The molecule has 0 saturated carbocycles. The lowest BCUT2D eigenvalue weighted by atomic mass is 10.2. The predicted molar refractivity (Wildman–Crippen MR) is 99.9 cm³/mol. The molecule has 0 atom stereocenters. The van der Waals surface area contributed by atoms with Gasteiger partial charge < -0.3 is 15.1 Å². The monoisotopic (exact) mass is 416 g/mol. The number of anilines is 1. The molecule has 26 heavy (non-hydrogen) atoms. The Kier molecular flexibility index (Phi) is 5.52. The Labute approximate surface area is 158 Å². The fourth-order valence-electron chi connectivity index (χ4n) is 2.39. The van der Waals surface area contributed by atoms with Gasteiger partial charge in [-0.15, -0.1) is 0 Å². The van der Waals surface area contributed by atoms with Crippen LogP contribution in [0, 0.1) is 6.92 Å². The number of rotatable bonds is 6. The van der Waals surface area contributed by atoms with Crippen molar-refractivity contribution >= 4 is 33.6 Å². The molecule has 2 aromatic heterocycles. The van der Waals surface area contributed by atoms with Crippen LogP contribution in [0.15, 0.2) is 57.6 Å². The third kappa shape index (κ3) is 4.60. The van der Waals surface area contributed by atoms with E-state index in [1.165, 1.54) is 6.07 Å². The van der Waals surface area contributed by atoms with Crippen molar-refractivity contribution in [1.29, 1.82) is 0 Å². The van der Waals surface area contributed by atoms with E-state index < -0.39 is 5.91 Å². The van der Waals surface area contributed by atoms with Crippen LogP contribution >= 0.6 is 15.9 Å². The van der Waals surface area contributed by atoms with E-state index in [1.807, 2.05) is 37.3 Å². The van der Waals surface area contributed by atoms with Crippen LogP contribution in [0.1, 0.15) is 21.8 Å². The molecule has 0 unspecified atom stereocenters. The number of nitrogens with zero attached hydrogens (tertiary/aromatic N) is 2. The Balaban J connectivity index is 1.60. The fraction of sp³-hybridized carbons (Fsp3) is 0.167. The molecule has 0 saturated heterocycles. The van der Waals surface area contributed by atoms with Crippen LogP contribution in [0.25, 0.3) is 0 Å². The lowest BCUT2D eigenvalue weighted by Gasteiger charge is -2.09. The Hall–Kier alpha value is -2.87. The number of aromatic nitrogens is 2. The molecule has 1 aromatic carbocycles. The Morgan fingerprint density at radius 3 is 2.65 bits per heavy atom. The molecule has 2 N–H and O–H groups in total. The summed E-state index contributed by atoms with van der Waals surface area (Å²) < 4.78 is 7.31. The quantitative estimate of drug-likeness (QED) is 0.646. The summed E-state index contributed by atoms with van der Waals surface area (Å²) in [5.41, 5.74) is 1.86. The van der Waals surface area contributed by atoms with Gasteiger partial charge in [-0.1, -0.05) is 30.3 Å². The van der Waals surface area contributed by atoms with E-state index >= 15 is 0 Å². The smallest absolute Gasteiger partial charge is 0.287 e. The molecule has 3 rings (SSSR count). The summed E-state index contributed by atoms with van der Waals surface area (Å²) in [5, 5.41) is 9.68. The lowest BCUT2D eigenvalue weighted by molar-refractivity contribution is -0.115.